The second-order valence-corrected chi connectivity index (χ2v) is 10.9. The third kappa shape index (κ3) is 6.25. The number of halogens is 6. The summed E-state index contributed by atoms with van der Waals surface area (Å²) in [4.78, 5) is 14.8. The van der Waals surface area contributed by atoms with Crippen molar-refractivity contribution in [2.45, 2.75) is 69.7 Å². The number of nitrogens with one attached hydrogen (secondary N) is 1. The maximum Gasteiger partial charge on any atom is 0.522 e. The molecule has 1 saturated carbocycles. The number of ether oxygens (including phenoxy) is 1. The lowest BCUT2D eigenvalue weighted by Crippen LogP contribution is -2.47. The van der Waals surface area contributed by atoms with Crippen molar-refractivity contribution < 1.29 is 35.9 Å². The number of hydrogen-bond acceptors (Lipinski definition) is 5. The number of aromatic nitrogens is 3. The molecule has 7 nitrogen and oxygen atoms in total. The maximum atomic E-state index is 14.1. The van der Waals surface area contributed by atoms with Crippen LogP contribution < -0.4 is 10.2 Å². The van der Waals surface area contributed by atoms with Crippen molar-refractivity contribution in [2.24, 2.45) is 7.05 Å². The summed E-state index contributed by atoms with van der Waals surface area (Å²) in [6.45, 7) is 1.29. The van der Waals surface area contributed by atoms with Crippen LogP contribution in [0, 0.1) is 0 Å². The molecule has 1 aromatic heterocycles. The Bertz CT molecular complexity index is 1430. The minimum Gasteiger partial charge on any atom is -0.320 e. The van der Waals surface area contributed by atoms with E-state index in [2.05, 4.69) is 20.3 Å². The maximum absolute atomic E-state index is 14.1. The van der Waals surface area contributed by atoms with E-state index in [9.17, 15) is 31.1 Å². The van der Waals surface area contributed by atoms with E-state index in [1.54, 1.807) is 35.9 Å². The summed E-state index contributed by atoms with van der Waals surface area (Å²) in [6.07, 6.45) is -5.23. The second kappa shape index (κ2) is 10.8. The number of alkyl halides is 6. The SMILES string of the molecule is Cn1cnnc1C(CCOC(F)(F)F)c1cccc(N2Cc3c(cc(CNC4(C)CCC4)cc3C(F)(F)F)C2=O)c1. The van der Waals surface area contributed by atoms with Gasteiger partial charge in [-0.1, -0.05) is 12.1 Å². The highest BCUT2D eigenvalue weighted by Gasteiger charge is 2.41. The molecule has 2 aliphatic rings. The first kappa shape index (κ1) is 29.1. The summed E-state index contributed by atoms with van der Waals surface area (Å²) in [5.74, 6) is -0.878. The van der Waals surface area contributed by atoms with E-state index in [-0.39, 0.29) is 36.2 Å². The van der Waals surface area contributed by atoms with Crippen molar-refractivity contribution in [1.29, 1.82) is 0 Å². The molecule has 2 aromatic carbocycles. The molecule has 220 valence electrons. The van der Waals surface area contributed by atoms with Gasteiger partial charge in [-0.2, -0.15) is 13.2 Å². The Morgan fingerprint density at radius 3 is 2.49 bits per heavy atom. The summed E-state index contributed by atoms with van der Waals surface area (Å²) in [5, 5.41) is 11.2. The molecule has 1 amide bonds. The van der Waals surface area contributed by atoms with Gasteiger partial charge in [-0.05, 0) is 73.6 Å². The van der Waals surface area contributed by atoms with Crippen molar-refractivity contribution in [3.05, 3.63) is 76.4 Å². The number of carbonyl (C=O) groups excluding carboxylic acids is 1. The van der Waals surface area contributed by atoms with E-state index in [1.807, 2.05) is 6.92 Å². The normalized spacial score (nSPS) is 17.5. The lowest BCUT2D eigenvalue weighted by molar-refractivity contribution is -0.324. The van der Waals surface area contributed by atoms with Crippen molar-refractivity contribution >= 4 is 11.6 Å². The van der Waals surface area contributed by atoms with Gasteiger partial charge in [-0.25, -0.2) is 0 Å². The summed E-state index contributed by atoms with van der Waals surface area (Å²) in [6, 6.07) is 9.06. The Morgan fingerprint density at radius 1 is 1.12 bits per heavy atom. The molecule has 1 aliphatic carbocycles. The van der Waals surface area contributed by atoms with Crippen molar-refractivity contribution in [1.82, 2.24) is 20.1 Å². The molecule has 0 spiro atoms. The molecule has 3 aromatic rings. The van der Waals surface area contributed by atoms with Crippen LogP contribution in [0.3, 0.4) is 0 Å². The number of benzene rings is 2. The molecule has 1 N–H and O–H groups in total. The van der Waals surface area contributed by atoms with Gasteiger partial charge in [-0.3, -0.25) is 9.53 Å². The average Bonchev–Trinajstić information content (AvgIpc) is 3.45. The van der Waals surface area contributed by atoms with Gasteiger partial charge in [-0.15, -0.1) is 23.4 Å². The quantitative estimate of drug-likeness (QED) is 0.310. The van der Waals surface area contributed by atoms with Gasteiger partial charge in [0, 0.05) is 36.3 Å². The monoisotopic (exact) mass is 581 g/mol. The largest absolute Gasteiger partial charge is 0.522 e. The van der Waals surface area contributed by atoms with Gasteiger partial charge in [0.05, 0.1) is 18.7 Å². The molecule has 0 radical (unpaired) electrons. The summed E-state index contributed by atoms with van der Waals surface area (Å²) in [7, 11) is 1.65. The first-order valence-electron chi connectivity index (χ1n) is 13.2. The van der Waals surface area contributed by atoms with E-state index < -0.39 is 36.5 Å². The van der Waals surface area contributed by atoms with E-state index in [1.165, 1.54) is 17.3 Å². The Morgan fingerprint density at radius 2 is 1.88 bits per heavy atom. The van der Waals surface area contributed by atoms with Gasteiger partial charge in [0.1, 0.15) is 12.2 Å². The van der Waals surface area contributed by atoms with Gasteiger partial charge in [0.2, 0.25) is 0 Å². The van der Waals surface area contributed by atoms with Crippen LogP contribution in [-0.2, 0) is 31.1 Å². The van der Waals surface area contributed by atoms with Gasteiger partial charge < -0.3 is 14.8 Å². The van der Waals surface area contributed by atoms with Crippen molar-refractivity contribution in [2.75, 3.05) is 11.5 Å². The molecule has 13 heteroatoms. The number of carbonyl (C=O) groups is 1. The van der Waals surface area contributed by atoms with Crippen LogP contribution in [0.1, 0.15) is 77.0 Å². The van der Waals surface area contributed by atoms with E-state index in [0.717, 1.165) is 25.3 Å². The highest BCUT2D eigenvalue weighted by atomic mass is 19.4. The van der Waals surface area contributed by atoms with E-state index in [0.29, 0.717) is 22.6 Å². The fourth-order valence-corrected chi connectivity index (χ4v) is 5.49. The number of aryl methyl sites for hydroxylation is 1. The summed E-state index contributed by atoms with van der Waals surface area (Å²) < 4.78 is 86.0. The van der Waals surface area contributed by atoms with Crippen LogP contribution in [0.5, 0.6) is 0 Å². The lowest BCUT2D eigenvalue weighted by Gasteiger charge is -2.39. The van der Waals surface area contributed by atoms with Gasteiger partial charge in [0.15, 0.2) is 0 Å². The summed E-state index contributed by atoms with van der Waals surface area (Å²) >= 11 is 0. The van der Waals surface area contributed by atoms with Crippen LogP contribution in [0.25, 0.3) is 0 Å². The zero-order chi connectivity index (χ0) is 29.6. The number of amides is 1. The third-order valence-corrected chi connectivity index (χ3v) is 7.90. The fraction of sp³-hybridized carbons (Fsp3) is 0.464. The minimum atomic E-state index is -4.81. The Hall–Kier alpha value is -3.45. The molecule has 0 bridgehead atoms. The number of anilines is 1. The van der Waals surface area contributed by atoms with Crippen LogP contribution in [-0.4, -0.2) is 39.2 Å². The lowest BCUT2D eigenvalue weighted by atomic mass is 9.78. The molecule has 2 heterocycles. The van der Waals surface area contributed by atoms with Crippen LogP contribution in [0.15, 0.2) is 42.7 Å². The molecular weight excluding hydrogens is 552 g/mol. The minimum absolute atomic E-state index is 0.00998. The van der Waals surface area contributed by atoms with Gasteiger partial charge in [0.25, 0.3) is 5.91 Å². The van der Waals surface area contributed by atoms with Crippen molar-refractivity contribution in [3.8, 4) is 0 Å². The number of rotatable bonds is 9. The molecule has 1 atom stereocenters. The Balaban J connectivity index is 1.44. The highest BCUT2D eigenvalue weighted by molar-refractivity contribution is 6.10. The zero-order valence-corrected chi connectivity index (χ0v) is 22.4. The number of hydrogen-bond donors (Lipinski definition) is 1. The molecular formula is C28H29F6N5O2. The Kier molecular flexibility index (Phi) is 7.62. The molecule has 0 saturated heterocycles. The zero-order valence-electron chi connectivity index (χ0n) is 22.4. The average molecular weight is 582 g/mol. The summed E-state index contributed by atoms with van der Waals surface area (Å²) in [5.41, 5.74) is 0.126. The number of nitrogens with zero attached hydrogens (tertiary/aromatic N) is 4. The van der Waals surface area contributed by atoms with Crippen LogP contribution >= 0.6 is 0 Å². The third-order valence-electron chi connectivity index (χ3n) is 7.90. The molecule has 1 aliphatic heterocycles. The standard InChI is InChI=1S/C28H29F6N5O2/c1-26(8-4-9-26)35-14-17-11-21-22(23(12-17)27(29,30)31)15-39(25(21)40)19-6-3-5-18(13-19)20(7-10-41-28(32,33)34)24-37-36-16-38(24)2/h3,5-6,11-13,16,20,35H,4,7-10,14-15H2,1-2H3. The smallest absolute Gasteiger partial charge is 0.320 e. The van der Waals surface area contributed by atoms with E-state index in [4.69, 9.17) is 0 Å². The van der Waals surface area contributed by atoms with Crippen LogP contribution in [0.4, 0.5) is 32.0 Å². The van der Waals surface area contributed by atoms with Crippen molar-refractivity contribution in [3.63, 3.8) is 0 Å². The van der Waals surface area contributed by atoms with Gasteiger partial charge >= 0.3 is 12.5 Å². The predicted molar refractivity (Wildman–Crippen MR) is 137 cm³/mol. The second-order valence-electron chi connectivity index (χ2n) is 10.9. The first-order valence-corrected chi connectivity index (χ1v) is 13.2. The topological polar surface area (TPSA) is 72.3 Å². The predicted octanol–water partition coefficient (Wildman–Crippen LogP) is 6.08. The Labute approximate surface area is 232 Å². The number of fused-ring (bicyclic) bond motifs is 1. The molecule has 1 fully saturated rings. The molecule has 1 unspecified atom stereocenters. The molecule has 41 heavy (non-hydrogen) atoms. The van der Waals surface area contributed by atoms with E-state index >= 15 is 0 Å². The molecule has 5 rings (SSSR count). The van der Waals surface area contributed by atoms with Crippen LogP contribution in [0.2, 0.25) is 0 Å². The first-order chi connectivity index (χ1) is 19.2. The highest BCUT2D eigenvalue weighted by Crippen LogP contribution is 2.41. The fourth-order valence-electron chi connectivity index (χ4n) is 5.49.